The quantitative estimate of drug-likeness (QED) is 0.804. The molecule has 0 fully saturated rings. The number of nitrogens with one attached hydrogen (secondary N) is 1. The van der Waals surface area contributed by atoms with Gasteiger partial charge < -0.3 is 10.4 Å². The highest BCUT2D eigenvalue weighted by Gasteiger charge is 2.16. The second kappa shape index (κ2) is 7.20. The van der Waals surface area contributed by atoms with E-state index < -0.39 is 11.6 Å². The molecule has 2 rings (SSSR count). The Morgan fingerprint density at radius 2 is 2.12 bits per heavy atom. The molecule has 2 amide bonds. The van der Waals surface area contributed by atoms with Gasteiger partial charge in [0.1, 0.15) is 11.6 Å². The summed E-state index contributed by atoms with van der Waals surface area (Å²) in [7, 11) is 1.32. The maximum Gasteiger partial charge on any atom is 0.345 e. The fourth-order valence-electron chi connectivity index (χ4n) is 2.14. The number of hydrogen-bond acceptors (Lipinski definition) is 4. The Bertz CT molecular complexity index is 987. The van der Waals surface area contributed by atoms with E-state index in [1.54, 1.807) is 24.3 Å². The van der Waals surface area contributed by atoms with Gasteiger partial charge >= 0.3 is 6.03 Å². The number of nitrogens with zero attached hydrogens (tertiary/aromatic N) is 3. The lowest BCUT2D eigenvalue weighted by atomic mass is 10.1. The van der Waals surface area contributed by atoms with Gasteiger partial charge in [-0.15, -0.1) is 0 Å². The Balaban J connectivity index is 2.31. The summed E-state index contributed by atoms with van der Waals surface area (Å²) in [6, 6.07) is 6.12. The van der Waals surface area contributed by atoms with E-state index in [0.29, 0.717) is 10.7 Å². The molecule has 0 aliphatic carbocycles. The smallest absolute Gasteiger partial charge is 0.345 e. The molecule has 0 saturated heterocycles. The van der Waals surface area contributed by atoms with Crippen LogP contribution in [0.4, 0.5) is 10.5 Å². The number of hydrogen-bond donors (Lipinski definition) is 2. The Kier molecular flexibility index (Phi) is 5.25. The number of carbonyl (C=O) groups excluding carboxylic acids is 1. The van der Waals surface area contributed by atoms with E-state index in [4.69, 9.17) is 16.9 Å². The predicted molar refractivity (Wildman–Crippen MR) is 95.6 cm³/mol. The zero-order valence-corrected chi connectivity index (χ0v) is 14.5. The van der Waals surface area contributed by atoms with Crippen molar-refractivity contribution in [1.29, 1.82) is 5.26 Å². The van der Waals surface area contributed by atoms with Gasteiger partial charge in [0.15, 0.2) is 0 Å². The molecule has 25 heavy (non-hydrogen) atoms. The summed E-state index contributed by atoms with van der Waals surface area (Å²) < 4.78 is 0.921. The first-order valence-corrected chi connectivity index (χ1v) is 7.58. The van der Waals surface area contributed by atoms with Crippen LogP contribution in [-0.4, -0.2) is 21.9 Å². The highest BCUT2D eigenvalue weighted by Crippen LogP contribution is 2.21. The first-order chi connectivity index (χ1) is 11.8. The number of amides is 2. The number of urea groups is 1. The zero-order valence-electron chi connectivity index (χ0n) is 13.8. The van der Waals surface area contributed by atoms with Crippen molar-refractivity contribution in [2.75, 3.05) is 5.32 Å². The first-order valence-electron chi connectivity index (χ1n) is 7.20. The molecule has 128 valence electrons. The molecule has 0 aliphatic heterocycles. The van der Waals surface area contributed by atoms with Crippen molar-refractivity contribution in [3.8, 4) is 11.9 Å². The summed E-state index contributed by atoms with van der Waals surface area (Å²) in [5, 5.41) is 22.2. The third-order valence-electron chi connectivity index (χ3n) is 3.70. The van der Waals surface area contributed by atoms with E-state index in [1.807, 2.05) is 6.92 Å². The summed E-state index contributed by atoms with van der Waals surface area (Å²) in [5.74, 6) is -0.378. The number of carbonyl (C=O) groups is 1. The fraction of sp³-hybridized carbons (Fsp3) is 0.176. The van der Waals surface area contributed by atoms with Crippen molar-refractivity contribution >= 4 is 29.5 Å². The highest BCUT2D eigenvalue weighted by atomic mass is 35.5. The fourth-order valence-corrected chi connectivity index (χ4v) is 2.32. The Morgan fingerprint density at radius 1 is 1.44 bits per heavy atom. The minimum atomic E-state index is -0.689. The molecule has 0 atom stereocenters. The standard InChI is InChI=1S/C17H15ClN4O3/c1-9-4-5-11(6-14(9)18)21-17(25)20-8-13-10(2)12(7-19)15(23)22(3)16(13)24/h4-6,8,24H,1-3H3,(H,21,25)/b20-8-. The van der Waals surface area contributed by atoms with Gasteiger partial charge in [0.25, 0.3) is 5.56 Å². The van der Waals surface area contributed by atoms with Crippen LogP contribution in [0.5, 0.6) is 5.88 Å². The van der Waals surface area contributed by atoms with Gasteiger partial charge in [-0.2, -0.15) is 5.26 Å². The summed E-state index contributed by atoms with van der Waals surface area (Å²) in [4.78, 5) is 27.5. The summed E-state index contributed by atoms with van der Waals surface area (Å²) >= 11 is 5.99. The van der Waals surface area contributed by atoms with Gasteiger partial charge in [-0.25, -0.2) is 9.79 Å². The van der Waals surface area contributed by atoms with Crippen LogP contribution < -0.4 is 10.9 Å². The molecule has 0 bridgehead atoms. The largest absolute Gasteiger partial charge is 0.494 e. The Hall–Kier alpha value is -3.11. The molecule has 2 N–H and O–H groups in total. The van der Waals surface area contributed by atoms with E-state index in [9.17, 15) is 14.7 Å². The second-order valence-electron chi connectivity index (χ2n) is 5.37. The molecule has 7 nitrogen and oxygen atoms in total. The third kappa shape index (κ3) is 3.70. The maximum absolute atomic E-state index is 11.9. The molecule has 2 aromatic rings. The SMILES string of the molecule is Cc1ccc(NC(=O)/N=C\c2c(C)c(C#N)c(=O)n(C)c2O)cc1Cl. The van der Waals surface area contributed by atoms with Gasteiger partial charge in [-0.05, 0) is 37.1 Å². The zero-order chi connectivity index (χ0) is 18.7. The lowest BCUT2D eigenvalue weighted by Gasteiger charge is -2.09. The summed E-state index contributed by atoms with van der Waals surface area (Å²) in [6.45, 7) is 3.34. The Morgan fingerprint density at radius 3 is 2.72 bits per heavy atom. The minimum Gasteiger partial charge on any atom is -0.494 e. The van der Waals surface area contributed by atoms with Gasteiger partial charge in [0.2, 0.25) is 5.88 Å². The molecule has 0 aliphatic rings. The van der Waals surface area contributed by atoms with Crippen molar-refractivity contribution in [1.82, 2.24) is 4.57 Å². The van der Waals surface area contributed by atoms with E-state index in [1.165, 1.54) is 14.0 Å². The number of rotatable bonds is 2. The van der Waals surface area contributed by atoms with Gasteiger partial charge in [0.05, 0.1) is 5.56 Å². The number of pyridine rings is 1. The van der Waals surface area contributed by atoms with Crippen LogP contribution in [0, 0.1) is 25.2 Å². The monoisotopic (exact) mass is 358 g/mol. The normalized spacial score (nSPS) is 10.7. The number of benzene rings is 1. The molecule has 0 unspecified atom stereocenters. The van der Waals surface area contributed by atoms with Crippen molar-refractivity contribution < 1.29 is 9.90 Å². The van der Waals surface area contributed by atoms with Crippen LogP contribution in [-0.2, 0) is 7.05 Å². The van der Waals surface area contributed by atoms with Crippen LogP contribution in [0.1, 0.15) is 22.3 Å². The van der Waals surface area contributed by atoms with Crippen molar-refractivity contribution in [2.45, 2.75) is 13.8 Å². The average Bonchev–Trinajstić information content (AvgIpc) is 2.57. The molecule has 8 heteroatoms. The summed E-state index contributed by atoms with van der Waals surface area (Å²) in [6.07, 6.45) is 1.11. The molecule has 0 spiro atoms. The maximum atomic E-state index is 11.9. The molecular weight excluding hydrogens is 344 g/mol. The number of aryl methyl sites for hydroxylation is 1. The van der Waals surface area contributed by atoms with Crippen LogP contribution in [0.25, 0.3) is 0 Å². The molecular formula is C17H15ClN4O3. The van der Waals surface area contributed by atoms with Crippen molar-refractivity contribution in [3.05, 3.63) is 55.8 Å². The molecule has 1 heterocycles. The van der Waals surface area contributed by atoms with E-state index in [-0.39, 0.29) is 22.6 Å². The van der Waals surface area contributed by atoms with Crippen LogP contribution >= 0.6 is 11.6 Å². The van der Waals surface area contributed by atoms with Crippen LogP contribution in [0.15, 0.2) is 28.0 Å². The van der Waals surface area contributed by atoms with Gasteiger partial charge in [0, 0.05) is 24.0 Å². The number of nitriles is 1. The molecule has 1 aromatic carbocycles. The summed E-state index contributed by atoms with van der Waals surface area (Å²) in [5.41, 5.74) is 0.976. The van der Waals surface area contributed by atoms with E-state index >= 15 is 0 Å². The van der Waals surface area contributed by atoms with E-state index in [0.717, 1.165) is 16.3 Å². The predicted octanol–water partition coefficient (Wildman–Crippen LogP) is 2.88. The highest BCUT2D eigenvalue weighted by molar-refractivity contribution is 6.31. The van der Waals surface area contributed by atoms with E-state index in [2.05, 4.69) is 10.3 Å². The number of halogens is 1. The first kappa shape index (κ1) is 18.2. The average molecular weight is 359 g/mol. The van der Waals surface area contributed by atoms with Crippen LogP contribution in [0.3, 0.4) is 0 Å². The lowest BCUT2D eigenvalue weighted by Crippen LogP contribution is -2.22. The lowest BCUT2D eigenvalue weighted by molar-refractivity contribution is 0.259. The topological polar surface area (TPSA) is 107 Å². The Labute approximate surface area is 148 Å². The van der Waals surface area contributed by atoms with Gasteiger partial charge in [-0.1, -0.05) is 17.7 Å². The third-order valence-corrected chi connectivity index (χ3v) is 4.11. The molecule has 0 saturated carbocycles. The van der Waals surface area contributed by atoms with Gasteiger partial charge in [-0.3, -0.25) is 9.36 Å². The van der Waals surface area contributed by atoms with Crippen LogP contribution in [0.2, 0.25) is 5.02 Å². The number of anilines is 1. The minimum absolute atomic E-state index is 0.118. The van der Waals surface area contributed by atoms with Crippen molar-refractivity contribution in [2.24, 2.45) is 12.0 Å². The number of aromatic hydroxyl groups is 1. The molecule has 1 aromatic heterocycles. The second-order valence-corrected chi connectivity index (χ2v) is 5.77. The van der Waals surface area contributed by atoms with Crippen molar-refractivity contribution in [3.63, 3.8) is 0 Å². The number of aromatic nitrogens is 1. The number of aliphatic imine (C=N–C) groups is 1. The molecule has 0 radical (unpaired) electrons.